The molecule has 78 valence electrons. The number of hydrogen-bond acceptors (Lipinski definition) is 1. The van der Waals surface area contributed by atoms with Gasteiger partial charge in [-0.3, -0.25) is 4.90 Å². The Bertz CT molecular complexity index is 261. The fourth-order valence-corrected chi connectivity index (χ4v) is 1.35. The summed E-state index contributed by atoms with van der Waals surface area (Å²) in [4.78, 5) is 2.35. The molecule has 1 heteroatoms. The zero-order chi connectivity index (χ0) is 10.6. The minimum absolute atomic E-state index is 0.612. The van der Waals surface area contributed by atoms with Gasteiger partial charge in [-0.05, 0) is 38.4 Å². The second-order valence-electron chi connectivity index (χ2n) is 4.18. The topological polar surface area (TPSA) is 3.24 Å². The van der Waals surface area contributed by atoms with Gasteiger partial charge in [0.15, 0.2) is 0 Å². The first-order valence-electron chi connectivity index (χ1n) is 5.41. The van der Waals surface area contributed by atoms with Crippen molar-refractivity contribution >= 4 is 0 Å². The summed E-state index contributed by atoms with van der Waals surface area (Å²) in [6.07, 6.45) is 1.13. The zero-order valence-corrected chi connectivity index (χ0v) is 9.75. The van der Waals surface area contributed by atoms with Crippen LogP contribution in [0.5, 0.6) is 0 Å². The van der Waals surface area contributed by atoms with E-state index in [1.807, 2.05) is 0 Å². The number of rotatable bonds is 4. The average molecular weight is 191 g/mol. The lowest BCUT2D eigenvalue weighted by Gasteiger charge is -2.20. The van der Waals surface area contributed by atoms with Crippen LogP contribution in [-0.4, -0.2) is 18.0 Å². The zero-order valence-electron chi connectivity index (χ0n) is 9.75. The number of nitrogens with zero attached hydrogens (tertiary/aromatic N) is 1. The molecule has 0 unspecified atom stereocenters. The Hall–Kier alpha value is -0.820. The number of hydrogen-bond donors (Lipinski definition) is 0. The van der Waals surface area contributed by atoms with Crippen molar-refractivity contribution in [1.29, 1.82) is 0 Å². The van der Waals surface area contributed by atoms with Crippen LogP contribution in [-0.2, 0) is 13.0 Å². The highest BCUT2D eigenvalue weighted by Crippen LogP contribution is 2.08. The first kappa shape index (κ1) is 11.3. The minimum Gasteiger partial charge on any atom is -0.300 e. The van der Waals surface area contributed by atoms with E-state index in [1.54, 1.807) is 0 Å². The Morgan fingerprint density at radius 3 is 2.00 bits per heavy atom. The van der Waals surface area contributed by atoms with Crippen molar-refractivity contribution in [3.8, 4) is 0 Å². The SMILES string of the molecule is CCc1ccc(CN(C)C(C)C)cc1. The molecule has 1 aromatic carbocycles. The van der Waals surface area contributed by atoms with Crippen LogP contribution < -0.4 is 0 Å². The van der Waals surface area contributed by atoms with Crippen LogP contribution in [0.2, 0.25) is 0 Å². The molecule has 14 heavy (non-hydrogen) atoms. The molecule has 1 nitrogen and oxygen atoms in total. The van der Waals surface area contributed by atoms with Gasteiger partial charge < -0.3 is 0 Å². The number of benzene rings is 1. The van der Waals surface area contributed by atoms with Crippen molar-refractivity contribution in [2.45, 2.75) is 39.8 Å². The summed E-state index contributed by atoms with van der Waals surface area (Å²) < 4.78 is 0. The molecule has 0 bridgehead atoms. The van der Waals surface area contributed by atoms with Crippen LogP contribution in [0.15, 0.2) is 24.3 Å². The summed E-state index contributed by atoms with van der Waals surface area (Å²) in [5.41, 5.74) is 2.82. The predicted octanol–water partition coefficient (Wildman–Crippen LogP) is 3.09. The van der Waals surface area contributed by atoms with E-state index in [1.165, 1.54) is 11.1 Å². The molecule has 0 N–H and O–H groups in total. The first-order chi connectivity index (χ1) is 6.63. The second-order valence-corrected chi connectivity index (χ2v) is 4.18. The average Bonchev–Trinajstić information content (AvgIpc) is 2.19. The lowest BCUT2D eigenvalue weighted by atomic mass is 10.1. The highest BCUT2D eigenvalue weighted by Gasteiger charge is 2.03. The molecule has 1 aromatic rings. The van der Waals surface area contributed by atoms with Crippen LogP contribution in [0.1, 0.15) is 31.9 Å². The van der Waals surface area contributed by atoms with Crippen LogP contribution in [0.25, 0.3) is 0 Å². The molecule has 1 rings (SSSR count). The van der Waals surface area contributed by atoms with Crippen LogP contribution in [0.3, 0.4) is 0 Å². The third-order valence-electron chi connectivity index (χ3n) is 2.74. The molecule has 0 fully saturated rings. The van der Waals surface area contributed by atoms with Gasteiger partial charge in [0.2, 0.25) is 0 Å². The lowest BCUT2D eigenvalue weighted by molar-refractivity contribution is 0.266. The molecular weight excluding hydrogens is 170 g/mol. The van der Waals surface area contributed by atoms with E-state index in [-0.39, 0.29) is 0 Å². The standard InChI is InChI=1S/C13H21N/c1-5-12-6-8-13(9-7-12)10-14(4)11(2)3/h6-9,11H,5,10H2,1-4H3. The lowest BCUT2D eigenvalue weighted by Crippen LogP contribution is -2.25. The molecule has 0 atom stereocenters. The molecular formula is C13H21N. The molecule has 0 spiro atoms. The van der Waals surface area contributed by atoms with Gasteiger partial charge >= 0.3 is 0 Å². The van der Waals surface area contributed by atoms with Crippen molar-refractivity contribution in [1.82, 2.24) is 4.90 Å². The maximum absolute atomic E-state index is 2.35. The largest absolute Gasteiger partial charge is 0.300 e. The van der Waals surface area contributed by atoms with E-state index in [9.17, 15) is 0 Å². The summed E-state index contributed by atoms with van der Waals surface area (Å²) >= 11 is 0. The van der Waals surface area contributed by atoms with Crippen molar-refractivity contribution < 1.29 is 0 Å². The Labute approximate surface area is 87.7 Å². The molecule has 0 amide bonds. The predicted molar refractivity (Wildman–Crippen MR) is 62.4 cm³/mol. The van der Waals surface area contributed by atoms with E-state index in [0.29, 0.717) is 6.04 Å². The molecule has 0 aliphatic carbocycles. The van der Waals surface area contributed by atoms with Gasteiger partial charge in [-0.2, -0.15) is 0 Å². The second kappa shape index (κ2) is 5.16. The smallest absolute Gasteiger partial charge is 0.0233 e. The summed E-state index contributed by atoms with van der Waals surface area (Å²) in [6, 6.07) is 9.53. The summed E-state index contributed by atoms with van der Waals surface area (Å²) in [6.45, 7) is 7.68. The highest BCUT2D eigenvalue weighted by atomic mass is 15.1. The fraction of sp³-hybridized carbons (Fsp3) is 0.538. The molecule has 0 aliphatic rings. The van der Waals surface area contributed by atoms with Crippen molar-refractivity contribution in [2.75, 3.05) is 7.05 Å². The Morgan fingerprint density at radius 2 is 1.57 bits per heavy atom. The van der Waals surface area contributed by atoms with Gasteiger partial charge in [0.25, 0.3) is 0 Å². The van der Waals surface area contributed by atoms with E-state index in [0.717, 1.165) is 13.0 Å². The third kappa shape index (κ3) is 3.15. The maximum atomic E-state index is 2.35. The Morgan fingerprint density at radius 1 is 1.07 bits per heavy atom. The van der Waals surface area contributed by atoms with E-state index >= 15 is 0 Å². The quantitative estimate of drug-likeness (QED) is 0.707. The van der Waals surface area contributed by atoms with Crippen molar-refractivity contribution in [2.24, 2.45) is 0 Å². The van der Waals surface area contributed by atoms with Gasteiger partial charge in [0, 0.05) is 12.6 Å². The van der Waals surface area contributed by atoms with Crippen LogP contribution in [0.4, 0.5) is 0 Å². The van der Waals surface area contributed by atoms with E-state index in [4.69, 9.17) is 0 Å². The summed E-state index contributed by atoms with van der Waals surface area (Å²) in [5, 5.41) is 0. The minimum atomic E-state index is 0.612. The molecule has 0 heterocycles. The molecule has 0 aromatic heterocycles. The normalized spacial score (nSPS) is 11.3. The van der Waals surface area contributed by atoms with Gasteiger partial charge in [0.05, 0.1) is 0 Å². The highest BCUT2D eigenvalue weighted by molar-refractivity contribution is 5.22. The molecule has 0 radical (unpaired) electrons. The van der Waals surface area contributed by atoms with Gasteiger partial charge in [0.1, 0.15) is 0 Å². The first-order valence-corrected chi connectivity index (χ1v) is 5.41. The fourth-order valence-electron chi connectivity index (χ4n) is 1.35. The molecule has 0 saturated heterocycles. The van der Waals surface area contributed by atoms with Crippen LogP contribution >= 0.6 is 0 Å². The van der Waals surface area contributed by atoms with Crippen molar-refractivity contribution in [3.63, 3.8) is 0 Å². The molecule has 0 aliphatic heterocycles. The molecule has 0 saturated carbocycles. The monoisotopic (exact) mass is 191 g/mol. The van der Waals surface area contributed by atoms with Crippen molar-refractivity contribution in [3.05, 3.63) is 35.4 Å². The summed E-state index contributed by atoms with van der Waals surface area (Å²) in [7, 11) is 2.17. The van der Waals surface area contributed by atoms with E-state index < -0.39 is 0 Å². The maximum Gasteiger partial charge on any atom is 0.0233 e. The van der Waals surface area contributed by atoms with E-state index in [2.05, 4.69) is 57.0 Å². The number of aryl methyl sites for hydroxylation is 1. The van der Waals surface area contributed by atoms with Crippen LogP contribution in [0, 0.1) is 0 Å². The van der Waals surface area contributed by atoms with Gasteiger partial charge in [-0.15, -0.1) is 0 Å². The Kier molecular flexibility index (Phi) is 4.15. The third-order valence-corrected chi connectivity index (χ3v) is 2.74. The van der Waals surface area contributed by atoms with Gasteiger partial charge in [-0.1, -0.05) is 31.2 Å². The Balaban J connectivity index is 2.59. The summed E-state index contributed by atoms with van der Waals surface area (Å²) in [5.74, 6) is 0. The van der Waals surface area contributed by atoms with Gasteiger partial charge in [-0.25, -0.2) is 0 Å².